The predicted octanol–water partition coefficient (Wildman–Crippen LogP) is 3.36. The number of amides is 1. The minimum absolute atomic E-state index is 0.293. The molecule has 2 heterocycles. The Hall–Kier alpha value is -2.42. The average molecular weight is 377 g/mol. The van der Waals surface area contributed by atoms with Gasteiger partial charge in [0.2, 0.25) is 5.16 Å². The molecule has 138 valence electrons. The topological polar surface area (TPSA) is 81.4 Å². The fraction of sp³-hybridized carbons (Fsp3) is 0.412. The first-order chi connectivity index (χ1) is 12.2. The molecule has 1 aromatic carbocycles. The van der Waals surface area contributed by atoms with Crippen molar-refractivity contribution in [2.75, 3.05) is 5.75 Å². The van der Waals surface area contributed by atoms with Crippen molar-refractivity contribution in [1.29, 1.82) is 0 Å². The molecule has 26 heavy (non-hydrogen) atoms. The van der Waals surface area contributed by atoms with Gasteiger partial charge < -0.3 is 10.1 Å². The van der Waals surface area contributed by atoms with Crippen LogP contribution in [0.1, 0.15) is 45.1 Å². The van der Waals surface area contributed by atoms with Crippen LogP contribution in [0.25, 0.3) is 0 Å². The van der Waals surface area contributed by atoms with E-state index in [0.717, 1.165) is 11.3 Å². The van der Waals surface area contributed by atoms with Crippen LogP contribution in [0.4, 0.5) is 9.18 Å². The maximum absolute atomic E-state index is 13.1. The van der Waals surface area contributed by atoms with Crippen molar-refractivity contribution in [2.24, 2.45) is 5.10 Å². The Bertz CT molecular complexity index is 842. The number of nitrogens with one attached hydrogen (secondary N) is 1. The maximum Gasteiger partial charge on any atom is 0.408 e. The Morgan fingerprint density at radius 1 is 1.31 bits per heavy atom. The first-order valence-electron chi connectivity index (χ1n) is 8.14. The summed E-state index contributed by atoms with van der Waals surface area (Å²) in [4.78, 5) is 12.0. The lowest BCUT2D eigenvalue weighted by Crippen LogP contribution is -2.35. The second-order valence-electron chi connectivity index (χ2n) is 6.86. The second kappa shape index (κ2) is 7.06. The van der Waals surface area contributed by atoms with Gasteiger partial charge in [0.1, 0.15) is 11.4 Å². The van der Waals surface area contributed by atoms with Crippen LogP contribution in [0, 0.1) is 5.82 Å². The zero-order chi connectivity index (χ0) is 18.9. The lowest BCUT2D eigenvalue weighted by atomic mass is 10.1. The number of hydrogen-bond acceptors (Lipinski definition) is 6. The number of carbonyl (C=O) groups is 1. The van der Waals surface area contributed by atoms with Crippen LogP contribution in [0.15, 0.2) is 34.5 Å². The monoisotopic (exact) mass is 377 g/mol. The van der Waals surface area contributed by atoms with Crippen molar-refractivity contribution >= 4 is 23.6 Å². The highest BCUT2D eigenvalue weighted by atomic mass is 32.2. The molecule has 0 spiro atoms. The second-order valence-corrected chi connectivity index (χ2v) is 7.81. The van der Waals surface area contributed by atoms with Gasteiger partial charge in [-0.3, -0.25) is 0 Å². The van der Waals surface area contributed by atoms with E-state index in [0.29, 0.717) is 16.7 Å². The molecule has 0 aliphatic carbocycles. The first-order valence-corrected chi connectivity index (χ1v) is 9.13. The molecule has 1 unspecified atom stereocenters. The Balaban J connectivity index is 1.82. The van der Waals surface area contributed by atoms with Gasteiger partial charge in [-0.15, -0.1) is 10.2 Å². The van der Waals surface area contributed by atoms with Crippen LogP contribution in [0.5, 0.6) is 0 Å². The molecule has 9 heteroatoms. The molecule has 1 amide bonds. The number of thioether (sulfide) groups is 1. The molecule has 0 bridgehead atoms. The number of nitrogens with zero attached hydrogens (tertiary/aromatic N) is 4. The van der Waals surface area contributed by atoms with E-state index in [-0.39, 0.29) is 5.82 Å². The molecule has 2 aromatic rings. The fourth-order valence-corrected chi connectivity index (χ4v) is 3.19. The zero-order valence-electron chi connectivity index (χ0n) is 15.0. The largest absolute Gasteiger partial charge is 0.444 e. The van der Waals surface area contributed by atoms with Crippen molar-refractivity contribution in [1.82, 2.24) is 20.2 Å². The number of benzene rings is 1. The summed E-state index contributed by atoms with van der Waals surface area (Å²) in [6, 6.07) is 5.73. The van der Waals surface area contributed by atoms with Crippen LogP contribution in [0.2, 0.25) is 0 Å². The molecule has 1 atom stereocenters. The van der Waals surface area contributed by atoms with E-state index in [2.05, 4.69) is 20.6 Å². The average Bonchev–Trinajstić information content (AvgIpc) is 2.96. The first kappa shape index (κ1) is 18.4. The third-order valence-corrected chi connectivity index (χ3v) is 4.42. The van der Waals surface area contributed by atoms with E-state index >= 15 is 0 Å². The smallest absolute Gasteiger partial charge is 0.408 e. The summed E-state index contributed by atoms with van der Waals surface area (Å²) in [6.07, 6.45) is -0.534. The highest BCUT2D eigenvalue weighted by Crippen LogP contribution is 2.26. The molecular formula is C17H20FN5O2S. The van der Waals surface area contributed by atoms with Gasteiger partial charge in [0.15, 0.2) is 5.82 Å². The van der Waals surface area contributed by atoms with E-state index in [1.165, 1.54) is 23.9 Å². The molecule has 0 radical (unpaired) electrons. The van der Waals surface area contributed by atoms with E-state index < -0.39 is 17.7 Å². The Morgan fingerprint density at radius 3 is 2.65 bits per heavy atom. The number of aromatic nitrogens is 3. The van der Waals surface area contributed by atoms with Gasteiger partial charge in [-0.1, -0.05) is 23.9 Å². The van der Waals surface area contributed by atoms with Crippen molar-refractivity contribution < 1.29 is 13.9 Å². The standard InChI is InChI=1S/C17H20FN5O2S/c1-10(19-16(24)25-17(2,3)4)14-20-21-15-23(14)22-13(9-26-15)11-5-7-12(18)8-6-11/h5-8,10H,9H2,1-4H3,(H,19,24). The fourth-order valence-electron chi connectivity index (χ4n) is 2.35. The van der Waals surface area contributed by atoms with Crippen LogP contribution in [-0.2, 0) is 4.74 Å². The highest BCUT2D eigenvalue weighted by molar-refractivity contribution is 7.99. The number of rotatable bonds is 3. The van der Waals surface area contributed by atoms with Gasteiger partial charge in [-0.25, -0.2) is 9.18 Å². The molecule has 0 saturated carbocycles. The molecule has 1 N–H and O–H groups in total. The van der Waals surface area contributed by atoms with Crippen LogP contribution >= 0.6 is 11.8 Å². The van der Waals surface area contributed by atoms with Crippen molar-refractivity contribution in [3.05, 3.63) is 41.5 Å². The molecular weight excluding hydrogens is 357 g/mol. The van der Waals surface area contributed by atoms with Crippen molar-refractivity contribution in [3.8, 4) is 0 Å². The molecule has 1 aliphatic heterocycles. The molecule has 7 nitrogen and oxygen atoms in total. The third kappa shape index (κ3) is 4.21. The van der Waals surface area contributed by atoms with E-state index in [1.54, 1.807) is 44.5 Å². The van der Waals surface area contributed by atoms with Gasteiger partial charge in [-0.05, 0) is 45.4 Å². The lowest BCUT2D eigenvalue weighted by molar-refractivity contribution is 0.0505. The molecule has 1 aromatic heterocycles. The minimum atomic E-state index is -0.585. The number of halogens is 1. The van der Waals surface area contributed by atoms with E-state index in [1.807, 2.05) is 0 Å². The Morgan fingerprint density at radius 2 is 2.00 bits per heavy atom. The summed E-state index contributed by atoms with van der Waals surface area (Å²) in [5.74, 6) is 0.814. The van der Waals surface area contributed by atoms with Gasteiger partial charge in [0.25, 0.3) is 0 Å². The van der Waals surface area contributed by atoms with E-state index in [4.69, 9.17) is 4.74 Å². The number of carbonyl (C=O) groups excluding carboxylic acids is 1. The lowest BCUT2D eigenvalue weighted by Gasteiger charge is -2.22. The van der Waals surface area contributed by atoms with E-state index in [9.17, 15) is 9.18 Å². The number of ether oxygens (including phenoxy) is 1. The van der Waals surface area contributed by atoms with Gasteiger partial charge in [0.05, 0.1) is 11.8 Å². The summed E-state index contributed by atoms with van der Waals surface area (Å²) < 4.78 is 20.0. The van der Waals surface area contributed by atoms with Crippen LogP contribution < -0.4 is 5.32 Å². The maximum atomic E-state index is 13.1. The minimum Gasteiger partial charge on any atom is -0.444 e. The predicted molar refractivity (Wildman–Crippen MR) is 96.9 cm³/mol. The third-order valence-electron chi connectivity index (χ3n) is 3.49. The van der Waals surface area contributed by atoms with Crippen LogP contribution in [0.3, 0.4) is 0 Å². The van der Waals surface area contributed by atoms with Crippen LogP contribution in [-0.4, -0.2) is 38.0 Å². The zero-order valence-corrected chi connectivity index (χ0v) is 15.8. The number of alkyl carbamates (subject to hydrolysis) is 1. The van der Waals surface area contributed by atoms with Crippen molar-refractivity contribution in [3.63, 3.8) is 0 Å². The molecule has 3 rings (SSSR count). The Labute approximate surface area is 155 Å². The van der Waals surface area contributed by atoms with Gasteiger partial charge in [-0.2, -0.15) is 9.78 Å². The van der Waals surface area contributed by atoms with Gasteiger partial charge >= 0.3 is 6.09 Å². The normalized spacial score (nSPS) is 15.0. The number of fused-ring (bicyclic) bond motifs is 1. The molecule has 0 saturated heterocycles. The quantitative estimate of drug-likeness (QED) is 0.887. The summed E-state index contributed by atoms with van der Waals surface area (Å²) in [5.41, 5.74) is 1.03. The molecule has 0 fully saturated rings. The Kier molecular flexibility index (Phi) is 4.99. The molecule has 1 aliphatic rings. The van der Waals surface area contributed by atoms with Crippen molar-refractivity contribution in [2.45, 2.75) is 44.5 Å². The summed E-state index contributed by atoms with van der Waals surface area (Å²) >= 11 is 1.48. The van der Waals surface area contributed by atoms with Gasteiger partial charge in [0, 0.05) is 5.75 Å². The SMILES string of the molecule is CC(NC(=O)OC(C)(C)C)c1nnc2n1N=C(c1ccc(F)cc1)CS2. The number of hydrogen-bond donors (Lipinski definition) is 1. The summed E-state index contributed by atoms with van der Waals surface area (Å²) in [6.45, 7) is 7.18. The summed E-state index contributed by atoms with van der Waals surface area (Å²) in [7, 11) is 0. The highest BCUT2D eigenvalue weighted by Gasteiger charge is 2.25. The summed E-state index contributed by atoms with van der Waals surface area (Å²) in [5, 5.41) is 16.2.